The van der Waals surface area contributed by atoms with Crippen LogP contribution in [-0.2, 0) is 4.74 Å². The van der Waals surface area contributed by atoms with Gasteiger partial charge in [-0.25, -0.2) is 14.3 Å². The van der Waals surface area contributed by atoms with Crippen LogP contribution in [0.3, 0.4) is 0 Å². The van der Waals surface area contributed by atoms with Gasteiger partial charge in [-0.05, 0) is 19.1 Å². The third-order valence-electron chi connectivity index (χ3n) is 3.26. The molecule has 3 rings (SSSR count). The van der Waals surface area contributed by atoms with E-state index in [1.54, 1.807) is 19.1 Å². The van der Waals surface area contributed by atoms with Gasteiger partial charge in [0.15, 0.2) is 11.4 Å². The Balaban J connectivity index is 2.00. The normalized spacial score (nSPS) is 10.7. The molecular formula is C16H13N3O4. The predicted octanol–water partition coefficient (Wildman–Crippen LogP) is 1.84. The maximum Gasteiger partial charge on any atom is 0.343 e. The Bertz CT molecular complexity index is 901. The fourth-order valence-electron chi connectivity index (χ4n) is 2.17. The molecule has 1 N–H and O–H groups in total. The van der Waals surface area contributed by atoms with E-state index in [0.717, 1.165) is 0 Å². The van der Waals surface area contributed by atoms with Gasteiger partial charge in [-0.15, -0.1) is 0 Å². The number of hydrogen-bond acceptors (Lipinski definition) is 6. The van der Waals surface area contributed by atoms with Crippen LogP contribution in [0.4, 0.5) is 0 Å². The van der Waals surface area contributed by atoms with Gasteiger partial charge in [-0.2, -0.15) is 5.10 Å². The molecule has 7 heteroatoms. The number of aromatic hydroxyl groups is 1. The van der Waals surface area contributed by atoms with Crippen molar-refractivity contribution in [1.82, 2.24) is 14.6 Å². The van der Waals surface area contributed by atoms with Crippen LogP contribution in [0.2, 0.25) is 0 Å². The topological polar surface area (TPSA) is 93.8 Å². The maximum absolute atomic E-state index is 12.4. The molecular weight excluding hydrogens is 298 g/mol. The first-order valence-electron chi connectivity index (χ1n) is 6.95. The number of phenolic OH excluding ortho intramolecular Hbond substituents is 1. The first-order valence-corrected chi connectivity index (χ1v) is 6.95. The standard InChI is InChI=1S/C16H13N3O4/c1-2-23-16(22)12-8-18-19-9-10(7-17-15(12)19)14(21)11-5-3-4-6-13(11)20/h3-9,20H,2H2,1H3. The molecule has 0 fully saturated rings. The van der Waals surface area contributed by atoms with Crippen LogP contribution in [0.1, 0.15) is 33.2 Å². The molecule has 2 aromatic heterocycles. The van der Waals surface area contributed by atoms with E-state index in [2.05, 4.69) is 10.1 Å². The molecule has 3 aromatic rings. The quantitative estimate of drug-likeness (QED) is 0.583. The zero-order valence-electron chi connectivity index (χ0n) is 12.3. The maximum atomic E-state index is 12.4. The summed E-state index contributed by atoms with van der Waals surface area (Å²) >= 11 is 0. The van der Waals surface area contributed by atoms with Crippen LogP contribution in [0.15, 0.2) is 42.9 Å². The number of phenols is 1. The third kappa shape index (κ3) is 2.64. The van der Waals surface area contributed by atoms with Gasteiger partial charge in [-0.1, -0.05) is 12.1 Å². The molecule has 0 saturated heterocycles. The number of hydrogen-bond donors (Lipinski definition) is 1. The van der Waals surface area contributed by atoms with Crippen LogP contribution >= 0.6 is 0 Å². The van der Waals surface area contributed by atoms with Crippen LogP contribution in [0, 0.1) is 0 Å². The summed E-state index contributed by atoms with van der Waals surface area (Å²) in [5, 5.41) is 13.8. The second kappa shape index (κ2) is 5.88. The summed E-state index contributed by atoms with van der Waals surface area (Å²) in [5.74, 6) is -1.01. The Morgan fingerprint density at radius 3 is 2.74 bits per heavy atom. The lowest BCUT2D eigenvalue weighted by molar-refractivity contribution is 0.0528. The van der Waals surface area contributed by atoms with Crippen molar-refractivity contribution < 1.29 is 19.4 Å². The van der Waals surface area contributed by atoms with Gasteiger partial charge >= 0.3 is 5.97 Å². The lowest BCUT2D eigenvalue weighted by atomic mass is 10.1. The fourth-order valence-corrected chi connectivity index (χ4v) is 2.17. The van der Waals surface area contributed by atoms with Crippen molar-refractivity contribution >= 4 is 17.4 Å². The predicted molar refractivity (Wildman–Crippen MR) is 80.5 cm³/mol. The van der Waals surface area contributed by atoms with E-state index < -0.39 is 5.97 Å². The number of rotatable bonds is 4. The molecule has 7 nitrogen and oxygen atoms in total. The van der Waals surface area contributed by atoms with E-state index in [0.29, 0.717) is 5.65 Å². The summed E-state index contributed by atoms with van der Waals surface area (Å²) < 4.78 is 6.26. The molecule has 0 aliphatic carbocycles. The highest BCUT2D eigenvalue weighted by atomic mass is 16.5. The number of aromatic nitrogens is 3. The molecule has 23 heavy (non-hydrogen) atoms. The van der Waals surface area contributed by atoms with Crippen molar-refractivity contribution in [1.29, 1.82) is 0 Å². The number of esters is 1. The lowest BCUT2D eigenvalue weighted by Gasteiger charge is -2.04. The van der Waals surface area contributed by atoms with Crippen molar-refractivity contribution in [3.05, 3.63) is 59.5 Å². The van der Waals surface area contributed by atoms with E-state index in [4.69, 9.17) is 4.74 Å². The lowest BCUT2D eigenvalue weighted by Crippen LogP contribution is -2.07. The molecule has 0 bridgehead atoms. The number of ketones is 1. The van der Waals surface area contributed by atoms with E-state index in [-0.39, 0.29) is 34.8 Å². The SMILES string of the molecule is CCOC(=O)c1cnn2cc(C(=O)c3ccccc3O)cnc12. The second-order valence-electron chi connectivity index (χ2n) is 4.74. The summed E-state index contributed by atoms with van der Waals surface area (Å²) in [4.78, 5) is 28.3. The number of benzene rings is 1. The highest BCUT2D eigenvalue weighted by molar-refractivity contribution is 6.10. The Labute approximate surface area is 131 Å². The molecule has 0 saturated carbocycles. The van der Waals surface area contributed by atoms with Crippen molar-refractivity contribution in [3.8, 4) is 5.75 Å². The minimum atomic E-state index is -0.519. The monoisotopic (exact) mass is 311 g/mol. The van der Waals surface area contributed by atoms with E-state index >= 15 is 0 Å². The van der Waals surface area contributed by atoms with Gasteiger partial charge in [-0.3, -0.25) is 4.79 Å². The number of carbonyl (C=O) groups excluding carboxylic acids is 2. The first kappa shape index (κ1) is 14.7. The Hall–Kier alpha value is -3.22. The number of nitrogens with zero attached hydrogens (tertiary/aromatic N) is 3. The Morgan fingerprint density at radius 2 is 2.00 bits per heavy atom. The average molecular weight is 311 g/mol. The molecule has 0 aliphatic rings. The van der Waals surface area contributed by atoms with E-state index in [1.165, 1.54) is 35.2 Å². The molecule has 0 amide bonds. The van der Waals surface area contributed by atoms with Crippen molar-refractivity contribution in [2.45, 2.75) is 6.92 Å². The summed E-state index contributed by atoms with van der Waals surface area (Å²) in [5.41, 5.74) is 0.953. The first-order chi connectivity index (χ1) is 11.1. The molecule has 2 heterocycles. The molecule has 0 radical (unpaired) electrons. The number of para-hydroxylation sites is 1. The van der Waals surface area contributed by atoms with Gasteiger partial charge in [0.2, 0.25) is 0 Å². The van der Waals surface area contributed by atoms with Gasteiger partial charge in [0.05, 0.1) is 23.9 Å². The summed E-state index contributed by atoms with van der Waals surface area (Å²) in [6.45, 7) is 1.96. The molecule has 0 aliphatic heterocycles. The Kier molecular flexibility index (Phi) is 3.76. The minimum Gasteiger partial charge on any atom is -0.507 e. The van der Waals surface area contributed by atoms with Crippen LogP contribution < -0.4 is 0 Å². The highest BCUT2D eigenvalue weighted by Gasteiger charge is 2.18. The summed E-state index contributed by atoms with van der Waals surface area (Å²) in [6.07, 6.45) is 4.14. The van der Waals surface area contributed by atoms with Crippen LogP contribution in [-0.4, -0.2) is 38.1 Å². The van der Waals surface area contributed by atoms with E-state index in [1.807, 2.05) is 0 Å². The second-order valence-corrected chi connectivity index (χ2v) is 4.74. The zero-order valence-corrected chi connectivity index (χ0v) is 12.3. The number of ether oxygens (including phenoxy) is 1. The largest absolute Gasteiger partial charge is 0.507 e. The average Bonchev–Trinajstić information content (AvgIpc) is 2.98. The van der Waals surface area contributed by atoms with Gasteiger partial charge < -0.3 is 9.84 Å². The fraction of sp³-hybridized carbons (Fsp3) is 0.125. The van der Waals surface area contributed by atoms with Gasteiger partial charge in [0, 0.05) is 12.4 Å². The molecule has 116 valence electrons. The zero-order chi connectivity index (χ0) is 16.4. The van der Waals surface area contributed by atoms with Crippen LogP contribution in [0.25, 0.3) is 5.65 Å². The van der Waals surface area contributed by atoms with E-state index in [9.17, 15) is 14.7 Å². The highest BCUT2D eigenvalue weighted by Crippen LogP contribution is 2.20. The minimum absolute atomic E-state index is 0.106. The van der Waals surface area contributed by atoms with Crippen molar-refractivity contribution in [3.63, 3.8) is 0 Å². The third-order valence-corrected chi connectivity index (χ3v) is 3.26. The van der Waals surface area contributed by atoms with Crippen molar-refractivity contribution in [2.75, 3.05) is 6.61 Å². The molecule has 0 spiro atoms. The molecule has 0 unspecified atom stereocenters. The van der Waals surface area contributed by atoms with Crippen molar-refractivity contribution in [2.24, 2.45) is 0 Å². The number of carbonyl (C=O) groups is 2. The van der Waals surface area contributed by atoms with Gasteiger partial charge in [0.25, 0.3) is 0 Å². The Morgan fingerprint density at radius 1 is 1.22 bits per heavy atom. The molecule has 0 atom stereocenters. The number of fused-ring (bicyclic) bond motifs is 1. The summed E-state index contributed by atoms with van der Waals surface area (Å²) in [6, 6.07) is 6.25. The molecule has 1 aromatic carbocycles. The summed E-state index contributed by atoms with van der Waals surface area (Å²) in [7, 11) is 0. The van der Waals surface area contributed by atoms with Gasteiger partial charge in [0.1, 0.15) is 11.3 Å². The smallest absolute Gasteiger partial charge is 0.343 e. The van der Waals surface area contributed by atoms with Crippen LogP contribution in [0.5, 0.6) is 5.75 Å².